The highest BCUT2D eigenvalue weighted by atomic mass is 16.3. The summed E-state index contributed by atoms with van der Waals surface area (Å²) in [5, 5.41) is 9.64. The standard InChI is InChI=1S/C62H40N2O/c1-2-21-48-45(16-1)40-60(52-24-4-3-23-51(48)52)63(46-36-34-41(35-37-46)42-17-13-18-43(38-42)50-28-15-29-56-55-27-8-12-33-61(55)65-62(50)56)47-20-14-19-44(39-47)49-22-5-9-30-57(49)64-58-31-10-6-25-53(58)54-26-7-11-32-59(54)64/h1-40H. The van der Waals surface area contributed by atoms with Gasteiger partial charge in [0.2, 0.25) is 0 Å². The normalized spacial score (nSPS) is 11.7. The Kier molecular flexibility index (Phi) is 8.53. The molecule has 3 nitrogen and oxygen atoms in total. The molecule has 0 saturated carbocycles. The third kappa shape index (κ3) is 6.05. The van der Waals surface area contributed by atoms with E-state index in [0.717, 1.165) is 78.1 Å². The van der Waals surface area contributed by atoms with E-state index in [4.69, 9.17) is 4.42 Å². The summed E-state index contributed by atoms with van der Waals surface area (Å²) in [5.41, 5.74) is 15.4. The van der Waals surface area contributed by atoms with E-state index in [1.165, 1.54) is 43.4 Å². The summed E-state index contributed by atoms with van der Waals surface area (Å²) in [7, 11) is 0. The lowest BCUT2D eigenvalue weighted by Crippen LogP contribution is -2.11. The van der Waals surface area contributed by atoms with Crippen LogP contribution in [-0.2, 0) is 0 Å². The van der Waals surface area contributed by atoms with Crippen LogP contribution < -0.4 is 4.90 Å². The van der Waals surface area contributed by atoms with E-state index in [1.54, 1.807) is 0 Å². The predicted molar refractivity (Wildman–Crippen MR) is 274 cm³/mol. The number of rotatable bonds is 7. The Bertz CT molecular complexity index is 3910. The first-order valence-electron chi connectivity index (χ1n) is 22.2. The minimum absolute atomic E-state index is 0.906. The molecule has 3 heteroatoms. The van der Waals surface area contributed by atoms with Crippen LogP contribution in [0.1, 0.15) is 0 Å². The molecule has 11 aromatic carbocycles. The molecule has 0 aliphatic heterocycles. The van der Waals surface area contributed by atoms with Gasteiger partial charge in [-0.25, -0.2) is 0 Å². The number of aromatic nitrogens is 1. The van der Waals surface area contributed by atoms with Crippen LogP contribution in [0, 0.1) is 0 Å². The molecule has 304 valence electrons. The van der Waals surface area contributed by atoms with Crippen LogP contribution in [0.2, 0.25) is 0 Å². The molecule has 2 heterocycles. The fourth-order valence-corrected chi connectivity index (χ4v) is 10.2. The highest BCUT2D eigenvalue weighted by molar-refractivity contribution is 6.15. The molecule has 0 radical (unpaired) electrons. The molecule has 0 aliphatic carbocycles. The summed E-state index contributed by atoms with van der Waals surface area (Å²) in [6.45, 7) is 0. The van der Waals surface area contributed by atoms with Gasteiger partial charge >= 0.3 is 0 Å². The van der Waals surface area contributed by atoms with Gasteiger partial charge in [0.25, 0.3) is 0 Å². The lowest BCUT2D eigenvalue weighted by molar-refractivity contribution is 0.670. The van der Waals surface area contributed by atoms with Gasteiger partial charge in [0.1, 0.15) is 11.2 Å². The van der Waals surface area contributed by atoms with E-state index in [2.05, 4.69) is 240 Å². The summed E-state index contributed by atoms with van der Waals surface area (Å²) >= 11 is 0. The fourth-order valence-electron chi connectivity index (χ4n) is 10.2. The molecule has 2 aromatic heterocycles. The largest absolute Gasteiger partial charge is 0.455 e. The Balaban J connectivity index is 0.960. The number of para-hydroxylation sites is 5. The topological polar surface area (TPSA) is 21.3 Å². The summed E-state index contributed by atoms with van der Waals surface area (Å²) in [5.74, 6) is 0. The summed E-state index contributed by atoms with van der Waals surface area (Å²) in [6.07, 6.45) is 0. The second-order valence-corrected chi connectivity index (χ2v) is 16.8. The first-order valence-corrected chi connectivity index (χ1v) is 22.2. The number of benzene rings is 11. The molecule has 0 unspecified atom stereocenters. The fraction of sp³-hybridized carbons (Fsp3) is 0. The highest BCUT2D eigenvalue weighted by Crippen LogP contribution is 2.45. The quantitative estimate of drug-likeness (QED) is 0.149. The molecule has 0 aliphatic rings. The average molecular weight is 829 g/mol. The molecule has 0 bridgehead atoms. The Morgan fingerprint density at radius 1 is 0.323 bits per heavy atom. The molecule has 65 heavy (non-hydrogen) atoms. The molecular formula is C62H40N2O. The van der Waals surface area contributed by atoms with Gasteiger partial charge in [0, 0.05) is 49.4 Å². The maximum absolute atomic E-state index is 6.46. The van der Waals surface area contributed by atoms with Crippen molar-refractivity contribution in [3.05, 3.63) is 243 Å². The van der Waals surface area contributed by atoms with Crippen LogP contribution in [0.25, 0.3) is 104 Å². The van der Waals surface area contributed by atoms with Crippen LogP contribution in [-0.4, -0.2) is 4.57 Å². The van der Waals surface area contributed by atoms with Gasteiger partial charge in [-0.2, -0.15) is 0 Å². The predicted octanol–water partition coefficient (Wildman–Crippen LogP) is 17.5. The lowest BCUT2D eigenvalue weighted by atomic mass is 9.96. The lowest BCUT2D eigenvalue weighted by Gasteiger charge is -2.28. The van der Waals surface area contributed by atoms with Gasteiger partial charge in [0.15, 0.2) is 0 Å². The SMILES string of the molecule is c1cc(-c2ccc(N(c3cccc(-c4ccccc4-n4c5ccccc5c5ccccc54)c3)c3cc4ccccc4c4ccccc34)cc2)cc(-c2cccc3c2oc2ccccc23)c1. The van der Waals surface area contributed by atoms with E-state index in [-0.39, 0.29) is 0 Å². The van der Waals surface area contributed by atoms with Gasteiger partial charge in [-0.1, -0.05) is 182 Å². The van der Waals surface area contributed by atoms with Crippen molar-refractivity contribution in [3.8, 4) is 39.1 Å². The Labute approximate surface area is 376 Å². The number of fused-ring (bicyclic) bond motifs is 9. The summed E-state index contributed by atoms with van der Waals surface area (Å²) < 4.78 is 8.88. The first kappa shape index (κ1) is 36.9. The van der Waals surface area contributed by atoms with Crippen molar-refractivity contribution in [1.82, 2.24) is 4.57 Å². The van der Waals surface area contributed by atoms with Crippen molar-refractivity contribution in [2.24, 2.45) is 0 Å². The number of anilines is 3. The number of hydrogen-bond acceptors (Lipinski definition) is 2. The number of nitrogens with zero attached hydrogens (tertiary/aromatic N) is 2. The van der Waals surface area contributed by atoms with Crippen molar-refractivity contribution in [3.63, 3.8) is 0 Å². The third-order valence-corrected chi connectivity index (χ3v) is 13.2. The summed E-state index contributed by atoms with van der Waals surface area (Å²) in [4.78, 5) is 2.43. The highest BCUT2D eigenvalue weighted by Gasteiger charge is 2.21. The van der Waals surface area contributed by atoms with Crippen molar-refractivity contribution >= 4 is 82.4 Å². The van der Waals surface area contributed by atoms with Crippen LogP contribution in [0.3, 0.4) is 0 Å². The van der Waals surface area contributed by atoms with Crippen molar-refractivity contribution < 1.29 is 4.42 Å². The monoisotopic (exact) mass is 828 g/mol. The molecule has 0 spiro atoms. The van der Waals surface area contributed by atoms with Gasteiger partial charge in [-0.05, 0) is 99.1 Å². The van der Waals surface area contributed by atoms with E-state index >= 15 is 0 Å². The average Bonchev–Trinajstić information content (AvgIpc) is 3.93. The van der Waals surface area contributed by atoms with E-state index in [9.17, 15) is 0 Å². The van der Waals surface area contributed by atoms with Crippen LogP contribution in [0.15, 0.2) is 247 Å². The van der Waals surface area contributed by atoms with E-state index in [1.807, 2.05) is 12.1 Å². The smallest absolute Gasteiger partial charge is 0.143 e. The Morgan fingerprint density at radius 3 is 1.69 bits per heavy atom. The maximum atomic E-state index is 6.46. The number of furan rings is 1. The van der Waals surface area contributed by atoms with Gasteiger partial charge in [-0.3, -0.25) is 0 Å². The van der Waals surface area contributed by atoms with Crippen molar-refractivity contribution in [2.75, 3.05) is 4.90 Å². The van der Waals surface area contributed by atoms with E-state index in [0.29, 0.717) is 0 Å². The van der Waals surface area contributed by atoms with Gasteiger partial charge < -0.3 is 13.9 Å². The Hall–Kier alpha value is -8.66. The molecule has 0 amide bonds. The van der Waals surface area contributed by atoms with Crippen LogP contribution in [0.4, 0.5) is 17.1 Å². The molecule has 13 aromatic rings. The zero-order chi connectivity index (χ0) is 42.8. The first-order chi connectivity index (χ1) is 32.2. The zero-order valence-corrected chi connectivity index (χ0v) is 35.4. The molecule has 0 saturated heterocycles. The van der Waals surface area contributed by atoms with Crippen LogP contribution >= 0.6 is 0 Å². The third-order valence-electron chi connectivity index (χ3n) is 13.2. The van der Waals surface area contributed by atoms with Gasteiger partial charge in [-0.15, -0.1) is 0 Å². The van der Waals surface area contributed by atoms with Crippen molar-refractivity contribution in [2.45, 2.75) is 0 Å². The second-order valence-electron chi connectivity index (χ2n) is 16.8. The molecule has 13 rings (SSSR count). The summed E-state index contributed by atoms with van der Waals surface area (Å²) in [6, 6.07) is 87.8. The molecule has 0 atom stereocenters. The number of hydrogen-bond donors (Lipinski definition) is 0. The Morgan fingerprint density at radius 2 is 0.892 bits per heavy atom. The minimum atomic E-state index is 0.906. The van der Waals surface area contributed by atoms with Crippen LogP contribution in [0.5, 0.6) is 0 Å². The second kappa shape index (κ2) is 15.0. The minimum Gasteiger partial charge on any atom is -0.455 e. The maximum Gasteiger partial charge on any atom is 0.143 e. The van der Waals surface area contributed by atoms with Gasteiger partial charge in [0.05, 0.1) is 22.4 Å². The zero-order valence-electron chi connectivity index (χ0n) is 35.4. The van der Waals surface area contributed by atoms with E-state index < -0.39 is 0 Å². The molecule has 0 N–H and O–H groups in total. The molecular weight excluding hydrogens is 789 g/mol. The molecule has 0 fully saturated rings. The van der Waals surface area contributed by atoms with Crippen molar-refractivity contribution in [1.29, 1.82) is 0 Å².